The van der Waals surface area contributed by atoms with E-state index in [0.717, 1.165) is 37.0 Å². The number of carbonyl (C=O) groups excluding carboxylic acids is 2. The Balaban J connectivity index is 1.45. The average molecular weight is 391 g/mol. The van der Waals surface area contributed by atoms with E-state index in [1.54, 1.807) is 17.0 Å². The molecular weight excluding hydrogens is 366 g/mol. The van der Waals surface area contributed by atoms with Crippen LogP contribution in [0.5, 0.6) is 5.75 Å². The summed E-state index contributed by atoms with van der Waals surface area (Å²) in [6, 6.07) is 15.0. The van der Waals surface area contributed by atoms with Gasteiger partial charge in [-0.1, -0.05) is 37.1 Å². The fraction of sp³-hybridized carbons (Fsp3) is 0.391. The van der Waals surface area contributed by atoms with Crippen LogP contribution in [0.2, 0.25) is 0 Å². The Hall–Kier alpha value is -3.02. The van der Waals surface area contributed by atoms with Gasteiger partial charge in [0.25, 0.3) is 5.91 Å². The summed E-state index contributed by atoms with van der Waals surface area (Å²) in [4.78, 5) is 27.4. The normalized spacial score (nSPS) is 25.8. The number of nitrogens with one attached hydrogen (secondary N) is 2. The van der Waals surface area contributed by atoms with Crippen molar-refractivity contribution in [3.63, 3.8) is 0 Å². The highest BCUT2D eigenvalue weighted by Gasteiger charge is 2.49. The van der Waals surface area contributed by atoms with E-state index in [2.05, 4.69) is 10.6 Å². The van der Waals surface area contributed by atoms with E-state index in [4.69, 9.17) is 4.74 Å². The van der Waals surface area contributed by atoms with Crippen molar-refractivity contribution in [3.05, 3.63) is 59.7 Å². The van der Waals surface area contributed by atoms with Gasteiger partial charge in [-0.25, -0.2) is 4.79 Å². The van der Waals surface area contributed by atoms with Crippen molar-refractivity contribution in [2.45, 2.75) is 56.8 Å². The lowest BCUT2D eigenvalue weighted by Crippen LogP contribution is -2.65. The first-order valence-electron chi connectivity index (χ1n) is 10.3. The number of hydrogen-bond donors (Lipinski definition) is 2. The van der Waals surface area contributed by atoms with E-state index in [0.29, 0.717) is 17.7 Å². The number of para-hydroxylation sites is 1. The highest BCUT2D eigenvalue weighted by atomic mass is 16.5. The fourth-order valence-electron chi connectivity index (χ4n) is 4.84. The number of urea groups is 1. The molecule has 2 bridgehead atoms. The maximum atomic E-state index is 13.0. The first kappa shape index (κ1) is 18.0. The Labute approximate surface area is 170 Å². The van der Waals surface area contributed by atoms with Crippen molar-refractivity contribution in [2.24, 2.45) is 0 Å². The lowest BCUT2D eigenvalue weighted by atomic mass is 9.90. The molecular formula is C23H25N3O3. The molecule has 2 fully saturated rings. The molecule has 2 aliphatic heterocycles. The Morgan fingerprint density at radius 3 is 2.79 bits per heavy atom. The molecule has 3 aliphatic rings. The lowest BCUT2D eigenvalue weighted by molar-refractivity contribution is 0.0378. The minimum absolute atomic E-state index is 0.0810. The molecule has 2 heterocycles. The van der Waals surface area contributed by atoms with Gasteiger partial charge < -0.3 is 15.4 Å². The molecule has 0 radical (unpaired) electrons. The molecule has 2 aromatic rings. The molecule has 2 aromatic carbocycles. The van der Waals surface area contributed by atoms with E-state index >= 15 is 0 Å². The molecule has 6 heteroatoms. The molecule has 0 spiro atoms. The SMILES string of the molecule is C[C@]12C[C@@H](NC(=O)N1c1cccc(C(=O)NC3CCCC3)c1)c1ccccc1O2. The van der Waals surface area contributed by atoms with Gasteiger partial charge in [-0.05, 0) is 44.0 Å². The predicted molar refractivity (Wildman–Crippen MR) is 110 cm³/mol. The molecule has 2 N–H and O–H groups in total. The molecule has 29 heavy (non-hydrogen) atoms. The number of benzene rings is 2. The highest BCUT2D eigenvalue weighted by Crippen LogP contribution is 2.45. The summed E-state index contributed by atoms with van der Waals surface area (Å²) < 4.78 is 6.30. The standard InChI is InChI=1S/C23H25N3O3/c1-23-14-19(18-11-4-5-12-20(18)29-23)25-22(28)26(23)17-10-6-7-15(13-17)21(27)24-16-8-2-3-9-16/h4-7,10-13,16,19H,2-3,8-9,14H2,1H3,(H,24,27)(H,25,28)/t19-,23+/m1/s1. The molecule has 2 atom stereocenters. The van der Waals surface area contributed by atoms with Crippen molar-refractivity contribution in [1.29, 1.82) is 0 Å². The minimum atomic E-state index is -0.818. The summed E-state index contributed by atoms with van der Waals surface area (Å²) in [5.74, 6) is 0.695. The van der Waals surface area contributed by atoms with Gasteiger partial charge in [0.2, 0.25) is 0 Å². The van der Waals surface area contributed by atoms with Crippen molar-refractivity contribution in [1.82, 2.24) is 10.6 Å². The summed E-state index contributed by atoms with van der Waals surface area (Å²) in [7, 11) is 0. The van der Waals surface area contributed by atoms with Gasteiger partial charge in [0.1, 0.15) is 5.75 Å². The number of fused-ring (bicyclic) bond motifs is 4. The van der Waals surface area contributed by atoms with Crippen LogP contribution in [0, 0.1) is 0 Å². The Kier molecular flexibility index (Phi) is 4.23. The van der Waals surface area contributed by atoms with Crippen LogP contribution in [0.25, 0.3) is 0 Å². The van der Waals surface area contributed by atoms with Crippen LogP contribution in [-0.4, -0.2) is 23.7 Å². The summed E-state index contributed by atoms with van der Waals surface area (Å²) in [5, 5.41) is 6.20. The number of carbonyl (C=O) groups is 2. The van der Waals surface area contributed by atoms with Crippen molar-refractivity contribution < 1.29 is 14.3 Å². The molecule has 6 nitrogen and oxygen atoms in total. The van der Waals surface area contributed by atoms with E-state index in [1.165, 1.54) is 0 Å². The zero-order chi connectivity index (χ0) is 20.0. The number of amides is 3. The van der Waals surface area contributed by atoms with Gasteiger partial charge in [0.05, 0.1) is 11.7 Å². The third-order valence-electron chi connectivity index (χ3n) is 6.24. The summed E-state index contributed by atoms with van der Waals surface area (Å²) in [6.07, 6.45) is 5.03. The smallest absolute Gasteiger partial charge is 0.325 e. The Morgan fingerprint density at radius 2 is 1.97 bits per heavy atom. The van der Waals surface area contributed by atoms with E-state index in [1.807, 2.05) is 43.3 Å². The summed E-state index contributed by atoms with van der Waals surface area (Å²) in [5.41, 5.74) is 1.40. The van der Waals surface area contributed by atoms with Crippen molar-refractivity contribution in [3.8, 4) is 5.75 Å². The Bertz CT molecular complexity index is 969. The third-order valence-corrected chi connectivity index (χ3v) is 6.24. The third kappa shape index (κ3) is 3.12. The van der Waals surface area contributed by atoms with Crippen LogP contribution in [0.15, 0.2) is 48.5 Å². The van der Waals surface area contributed by atoms with Gasteiger partial charge in [0, 0.05) is 23.6 Å². The van der Waals surface area contributed by atoms with Crippen LogP contribution in [0.1, 0.15) is 61.0 Å². The molecule has 3 amide bonds. The molecule has 1 saturated carbocycles. The topological polar surface area (TPSA) is 70.7 Å². The second kappa shape index (κ2) is 6.79. The number of nitrogens with zero attached hydrogens (tertiary/aromatic N) is 1. The number of hydrogen-bond acceptors (Lipinski definition) is 3. The average Bonchev–Trinajstić information content (AvgIpc) is 3.20. The van der Waals surface area contributed by atoms with Crippen molar-refractivity contribution in [2.75, 3.05) is 4.90 Å². The lowest BCUT2D eigenvalue weighted by Gasteiger charge is -2.50. The van der Waals surface area contributed by atoms with Crippen LogP contribution in [-0.2, 0) is 0 Å². The quantitative estimate of drug-likeness (QED) is 0.827. The number of anilines is 1. The van der Waals surface area contributed by atoms with Crippen LogP contribution < -0.4 is 20.3 Å². The van der Waals surface area contributed by atoms with E-state index < -0.39 is 5.72 Å². The van der Waals surface area contributed by atoms with Crippen molar-refractivity contribution >= 4 is 17.6 Å². The maximum absolute atomic E-state index is 13.0. The zero-order valence-corrected chi connectivity index (χ0v) is 16.5. The highest BCUT2D eigenvalue weighted by molar-refractivity contribution is 5.99. The van der Waals surface area contributed by atoms with E-state index in [9.17, 15) is 9.59 Å². The molecule has 5 rings (SSSR count). The minimum Gasteiger partial charge on any atom is -0.467 e. The molecule has 0 aromatic heterocycles. The maximum Gasteiger partial charge on any atom is 0.325 e. The monoisotopic (exact) mass is 391 g/mol. The van der Waals surface area contributed by atoms with E-state index in [-0.39, 0.29) is 24.0 Å². The summed E-state index contributed by atoms with van der Waals surface area (Å²) >= 11 is 0. The first-order valence-corrected chi connectivity index (χ1v) is 10.3. The fourth-order valence-corrected chi connectivity index (χ4v) is 4.84. The number of rotatable bonds is 3. The zero-order valence-electron chi connectivity index (χ0n) is 16.5. The predicted octanol–water partition coefficient (Wildman–Crippen LogP) is 4.13. The van der Waals surface area contributed by atoms with Gasteiger partial charge in [0.15, 0.2) is 5.72 Å². The second-order valence-electron chi connectivity index (χ2n) is 8.36. The van der Waals surface area contributed by atoms with Gasteiger partial charge >= 0.3 is 6.03 Å². The first-order chi connectivity index (χ1) is 14.0. The molecule has 1 saturated heterocycles. The largest absolute Gasteiger partial charge is 0.467 e. The van der Waals surface area contributed by atoms with Gasteiger partial charge in [-0.3, -0.25) is 9.69 Å². The van der Waals surface area contributed by atoms with Crippen LogP contribution in [0.3, 0.4) is 0 Å². The van der Waals surface area contributed by atoms with Crippen LogP contribution >= 0.6 is 0 Å². The Morgan fingerprint density at radius 1 is 1.17 bits per heavy atom. The molecule has 0 unspecified atom stereocenters. The summed E-state index contributed by atoms with van der Waals surface area (Å²) in [6.45, 7) is 1.93. The number of ether oxygens (including phenoxy) is 1. The molecule has 150 valence electrons. The molecule has 1 aliphatic carbocycles. The van der Waals surface area contributed by atoms with Crippen LogP contribution in [0.4, 0.5) is 10.5 Å². The second-order valence-corrected chi connectivity index (χ2v) is 8.36. The van der Waals surface area contributed by atoms with Gasteiger partial charge in [-0.15, -0.1) is 0 Å². The van der Waals surface area contributed by atoms with Gasteiger partial charge in [-0.2, -0.15) is 0 Å².